The van der Waals surface area contributed by atoms with Gasteiger partial charge in [-0.3, -0.25) is 4.79 Å². The Kier molecular flexibility index (Phi) is 6.41. The second kappa shape index (κ2) is 7.81. The number of pyridine rings is 1. The zero-order valence-corrected chi connectivity index (χ0v) is 12.6. The summed E-state index contributed by atoms with van der Waals surface area (Å²) in [5, 5.41) is 0. The second-order valence-corrected chi connectivity index (χ2v) is 4.82. The van der Waals surface area contributed by atoms with Gasteiger partial charge >= 0.3 is 0 Å². The molecule has 0 unspecified atom stereocenters. The van der Waals surface area contributed by atoms with Crippen LogP contribution in [0, 0.1) is 0 Å². The van der Waals surface area contributed by atoms with Crippen LogP contribution in [0.5, 0.6) is 0 Å². The predicted octanol–water partition coefficient (Wildman–Crippen LogP) is 1.43. The summed E-state index contributed by atoms with van der Waals surface area (Å²) in [5.74, 6) is 5.87. The molecule has 0 aliphatic heterocycles. The van der Waals surface area contributed by atoms with Crippen molar-refractivity contribution in [2.75, 3.05) is 25.7 Å². The van der Waals surface area contributed by atoms with Crippen LogP contribution in [0.1, 0.15) is 36.8 Å². The fourth-order valence-corrected chi connectivity index (χ4v) is 1.92. The van der Waals surface area contributed by atoms with E-state index < -0.39 is 0 Å². The first-order chi connectivity index (χ1) is 9.53. The van der Waals surface area contributed by atoms with Gasteiger partial charge in [-0.05, 0) is 32.4 Å². The first-order valence-corrected chi connectivity index (χ1v) is 6.81. The average Bonchev–Trinajstić information content (AvgIpc) is 2.46. The molecule has 0 aliphatic rings. The summed E-state index contributed by atoms with van der Waals surface area (Å²) in [6.45, 7) is 7.02. The van der Waals surface area contributed by atoms with Crippen LogP contribution < -0.4 is 11.3 Å². The van der Waals surface area contributed by atoms with Crippen LogP contribution in [0.4, 0.5) is 5.82 Å². The van der Waals surface area contributed by atoms with E-state index in [1.54, 1.807) is 18.1 Å². The van der Waals surface area contributed by atoms with Gasteiger partial charge < -0.3 is 15.1 Å². The molecule has 0 saturated carbocycles. The number of nitrogens with one attached hydrogen (secondary N) is 1. The molecule has 0 aromatic carbocycles. The van der Waals surface area contributed by atoms with Crippen molar-refractivity contribution in [2.45, 2.75) is 33.2 Å². The van der Waals surface area contributed by atoms with Gasteiger partial charge in [0.05, 0.1) is 6.61 Å². The lowest BCUT2D eigenvalue weighted by Crippen LogP contribution is -2.39. The van der Waals surface area contributed by atoms with Crippen LogP contribution in [-0.2, 0) is 11.2 Å². The molecule has 0 atom stereocenters. The summed E-state index contributed by atoms with van der Waals surface area (Å²) in [4.78, 5) is 18.7. The fraction of sp³-hybridized carbons (Fsp3) is 0.571. The number of methoxy groups -OCH3 is 1. The Morgan fingerprint density at radius 3 is 2.70 bits per heavy atom. The Morgan fingerprint density at radius 1 is 1.50 bits per heavy atom. The van der Waals surface area contributed by atoms with Gasteiger partial charge in [0.15, 0.2) is 0 Å². The van der Waals surface area contributed by atoms with Gasteiger partial charge in [0.2, 0.25) is 0 Å². The fourth-order valence-electron chi connectivity index (χ4n) is 1.92. The van der Waals surface area contributed by atoms with Crippen LogP contribution in [0.3, 0.4) is 0 Å². The summed E-state index contributed by atoms with van der Waals surface area (Å²) in [5.41, 5.74) is 3.93. The maximum atomic E-state index is 12.6. The number of nitrogen functional groups attached to an aromatic ring is 1. The third-order valence-electron chi connectivity index (χ3n) is 3.06. The highest BCUT2D eigenvalue weighted by Crippen LogP contribution is 2.14. The van der Waals surface area contributed by atoms with Crippen molar-refractivity contribution in [3.8, 4) is 0 Å². The molecule has 6 nitrogen and oxygen atoms in total. The maximum absolute atomic E-state index is 12.6. The van der Waals surface area contributed by atoms with Crippen LogP contribution in [-0.4, -0.2) is 42.1 Å². The van der Waals surface area contributed by atoms with Gasteiger partial charge in [-0.15, -0.1) is 0 Å². The molecule has 1 heterocycles. The van der Waals surface area contributed by atoms with E-state index in [2.05, 4.69) is 10.4 Å². The Labute approximate surface area is 120 Å². The van der Waals surface area contributed by atoms with E-state index in [-0.39, 0.29) is 11.9 Å². The number of carbonyl (C=O) groups is 1. The van der Waals surface area contributed by atoms with Crippen molar-refractivity contribution < 1.29 is 9.53 Å². The second-order valence-electron chi connectivity index (χ2n) is 4.82. The zero-order chi connectivity index (χ0) is 15.1. The highest BCUT2D eigenvalue weighted by atomic mass is 16.5. The number of nitrogens with two attached hydrogens (primary N) is 1. The topological polar surface area (TPSA) is 80.5 Å². The van der Waals surface area contributed by atoms with E-state index in [4.69, 9.17) is 10.6 Å². The van der Waals surface area contributed by atoms with E-state index in [0.29, 0.717) is 24.5 Å². The van der Waals surface area contributed by atoms with Crippen molar-refractivity contribution in [3.05, 3.63) is 23.4 Å². The number of hydrazine groups is 1. The molecule has 1 aromatic heterocycles. The number of anilines is 1. The molecule has 1 amide bonds. The summed E-state index contributed by atoms with van der Waals surface area (Å²) in [6.07, 6.45) is 0.746. The van der Waals surface area contributed by atoms with Gasteiger partial charge in [-0.1, -0.05) is 6.92 Å². The van der Waals surface area contributed by atoms with Gasteiger partial charge in [-0.25, -0.2) is 10.8 Å². The molecule has 1 rings (SSSR count). The smallest absolute Gasteiger partial charge is 0.254 e. The Morgan fingerprint density at radius 2 is 2.20 bits per heavy atom. The van der Waals surface area contributed by atoms with Crippen molar-refractivity contribution in [2.24, 2.45) is 5.84 Å². The number of aromatic nitrogens is 1. The molecule has 3 N–H and O–H groups in total. The monoisotopic (exact) mass is 280 g/mol. The number of carbonyl (C=O) groups excluding carboxylic acids is 1. The van der Waals surface area contributed by atoms with Gasteiger partial charge in [-0.2, -0.15) is 0 Å². The molecule has 0 fully saturated rings. The SMILES string of the molecule is CCc1cc(C(=O)N(CCOC)C(C)C)cc(NN)n1. The standard InChI is InChI=1S/C14H24N4O2/c1-5-12-8-11(9-13(16-12)17-15)14(19)18(10(2)3)6-7-20-4/h8-10H,5-7,15H2,1-4H3,(H,16,17). The van der Waals surface area contributed by atoms with Crippen LogP contribution in [0.15, 0.2) is 12.1 Å². The first kappa shape index (κ1) is 16.4. The van der Waals surface area contributed by atoms with E-state index in [1.807, 2.05) is 26.8 Å². The van der Waals surface area contributed by atoms with Crippen LogP contribution in [0.2, 0.25) is 0 Å². The molecule has 0 aliphatic carbocycles. The number of hydrogen-bond donors (Lipinski definition) is 2. The number of amides is 1. The van der Waals surface area contributed by atoms with Crippen molar-refractivity contribution >= 4 is 11.7 Å². The van der Waals surface area contributed by atoms with Crippen molar-refractivity contribution in [1.29, 1.82) is 0 Å². The van der Waals surface area contributed by atoms with E-state index >= 15 is 0 Å². The maximum Gasteiger partial charge on any atom is 0.254 e. The molecule has 1 aromatic rings. The lowest BCUT2D eigenvalue weighted by atomic mass is 10.1. The summed E-state index contributed by atoms with van der Waals surface area (Å²) >= 11 is 0. The molecule has 0 radical (unpaired) electrons. The van der Waals surface area contributed by atoms with Crippen LogP contribution in [0.25, 0.3) is 0 Å². The van der Waals surface area contributed by atoms with E-state index in [1.165, 1.54) is 0 Å². The number of aryl methyl sites for hydroxylation is 1. The third-order valence-corrected chi connectivity index (χ3v) is 3.06. The van der Waals surface area contributed by atoms with Crippen molar-refractivity contribution in [3.63, 3.8) is 0 Å². The summed E-state index contributed by atoms with van der Waals surface area (Å²) in [6, 6.07) is 3.58. The molecule has 6 heteroatoms. The van der Waals surface area contributed by atoms with Gasteiger partial charge in [0.25, 0.3) is 5.91 Å². The minimum absolute atomic E-state index is 0.0364. The lowest BCUT2D eigenvalue weighted by molar-refractivity contribution is 0.0635. The van der Waals surface area contributed by atoms with Gasteiger partial charge in [0.1, 0.15) is 5.82 Å². The third kappa shape index (κ3) is 4.18. The molecule has 112 valence electrons. The normalized spacial score (nSPS) is 10.7. The molecule has 0 bridgehead atoms. The highest BCUT2D eigenvalue weighted by Gasteiger charge is 2.19. The first-order valence-electron chi connectivity index (χ1n) is 6.81. The number of rotatable bonds is 7. The Balaban J connectivity index is 3.04. The van der Waals surface area contributed by atoms with E-state index in [9.17, 15) is 4.79 Å². The number of hydrogen-bond acceptors (Lipinski definition) is 5. The summed E-state index contributed by atoms with van der Waals surface area (Å²) < 4.78 is 5.06. The van der Waals surface area contributed by atoms with Gasteiger partial charge in [0, 0.05) is 31.0 Å². The largest absolute Gasteiger partial charge is 0.383 e. The average molecular weight is 280 g/mol. The molecule has 0 saturated heterocycles. The lowest BCUT2D eigenvalue weighted by Gasteiger charge is -2.26. The molecule has 0 spiro atoms. The van der Waals surface area contributed by atoms with Crippen molar-refractivity contribution in [1.82, 2.24) is 9.88 Å². The number of ether oxygens (including phenoxy) is 1. The minimum Gasteiger partial charge on any atom is -0.383 e. The zero-order valence-electron chi connectivity index (χ0n) is 12.6. The predicted molar refractivity (Wildman–Crippen MR) is 79.5 cm³/mol. The molecular formula is C14H24N4O2. The summed E-state index contributed by atoms with van der Waals surface area (Å²) in [7, 11) is 1.63. The minimum atomic E-state index is -0.0364. The van der Waals surface area contributed by atoms with E-state index in [0.717, 1.165) is 12.1 Å². The quantitative estimate of drug-likeness (QED) is 0.583. The number of nitrogens with zero attached hydrogens (tertiary/aromatic N) is 2. The highest BCUT2D eigenvalue weighted by molar-refractivity contribution is 5.95. The Hall–Kier alpha value is -1.66. The Bertz CT molecular complexity index is 427. The van der Waals surface area contributed by atoms with Crippen LogP contribution >= 0.6 is 0 Å². The molecular weight excluding hydrogens is 256 g/mol. The molecule has 20 heavy (non-hydrogen) atoms.